The number of hydrogen-bond acceptors (Lipinski definition) is 5. The van der Waals surface area contributed by atoms with Crippen molar-refractivity contribution in [2.45, 2.75) is 12.3 Å². The summed E-state index contributed by atoms with van der Waals surface area (Å²) in [5, 5.41) is 8.84. The second kappa shape index (κ2) is 3.84. The van der Waals surface area contributed by atoms with Crippen LogP contribution in [-0.2, 0) is 4.74 Å². The zero-order valence-corrected chi connectivity index (χ0v) is 7.91. The Hall–Kier alpha value is -1.66. The van der Waals surface area contributed by atoms with Crippen LogP contribution < -0.4 is 11.4 Å². The van der Waals surface area contributed by atoms with Crippen molar-refractivity contribution in [2.75, 3.05) is 12.3 Å². The van der Waals surface area contributed by atoms with E-state index in [4.69, 9.17) is 15.6 Å². The van der Waals surface area contributed by atoms with Crippen molar-refractivity contribution in [1.82, 2.24) is 9.55 Å². The lowest BCUT2D eigenvalue weighted by Crippen LogP contribution is -2.28. The first-order valence-electron chi connectivity index (χ1n) is 4.50. The predicted octanol–water partition coefficient (Wildman–Crippen LogP) is -0.729. The normalized spacial score (nSPS) is 24.6. The molecule has 6 heteroatoms. The second-order valence-corrected chi connectivity index (χ2v) is 3.17. The first-order chi connectivity index (χ1) is 7.20. The van der Waals surface area contributed by atoms with Gasteiger partial charge in [-0.05, 0) is 12.1 Å². The Morgan fingerprint density at radius 2 is 2.40 bits per heavy atom. The lowest BCUT2D eigenvalue weighted by atomic mass is 10.4. The Balaban J connectivity index is 2.25. The van der Waals surface area contributed by atoms with Crippen LogP contribution in [0.2, 0.25) is 0 Å². The number of nitrogens with zero attached hydrogens (tertiary/aromatic N) is 2. The highest BCUT2D eigenvalue weighted by atomic mass is 16.5. The fraction of sp³-hybridized carbons (Fsp3) is 0.333. The molecule has 80 valence electrons. The third-order valence-corrected chi connectivity index (χ3v) is 2.11. The van der Waals surface area contributed by atoms with Gasteiger partial charge in [0.25, 0.3) is 0 Å². The molecule has 2 rings (SSSR count). The molecule has 0 saturated heterocycles. The molecule has 0 radical (unpaired) electrons. The van der Waals surface area contributed by atoms with Crippen molar-refractivity contribution in [3.8, 4) is 0 Å². The van der Waals surface area contributed by atoms with E-state index in [1.165, 1.54) is 16.8 Å². The first-order valence-corrected chi connectivity index (χ1v) is 4.50. The molecule has 1 aromatic rings. The number of anilines is 1. The zero-order chi connectivity index (χ0) is 10.8. The summed E-state index contributed by atoms with van der Waals surface area (Å²) in [6.07, 6.45) is 4.04. The summed E-state index contributed by atoms with van der Waals surface area (Å²) in [5.41, 5.74) is 4.89. The molecule has 0 bridgehead atoms. The zero-order valence-electron chi connectivity index (χ0n) is 7.91. The van der Waals surface area contributed by atoms with Crippen LogP contribution >= 0.6 is 0 Å². The van der Waals surface area contributed by atoms with Crippen LogP contribution in [0.3, 0.4) is 0 Å². The molecule has 0 fully saturated rings. The largest absolute Gasteiger partial charge is 0.393 e. The van der Waals surface area contributed by atoms with Crippen LogP contribution in [0.25, 0.3) is 0 Å². The number of aliphatic hydroxyl groups is 1. The van der Waals surface area contributed by atoms with E-state index < -0.39 is 11.9 Å². The lowest BCUT2D eigenvalue weighted by Gasteiger charge is -2.14. The summed E-state index contributed by atoms with van der Waals surface area (Å²) < 4.78 is 6.65. The Morgan fingerprint density at radius 3 is 3.00 bits per heavy atom. The monoisotopic (exact) mass is 209 g/mol. The fourth-order valence-corrected chi connectivity index (χ4v) is 1.37. The van der Waals surface area contributed by atoms with E-state index in [2.05, 4.69) is 4.98 Å². The van der Waals surface area contributed by atoms with Crippen molar-refractivity contribution >= 4 is 5.82 Å². The average molecular weight is 209 g/mol. The van der Waals surface area contributed by atoms with Gasteiger partial charge in [0.2, 0.25) is 0 Å². The Morgan fingerprint density at radius 1 is 1.60 bits per heavy atom. The van der Waals surface area contributed by atoms with Gasteiger partial charge in [-0.2, -0.15) is 4.98 Å². The van der Waals surface area contributed by atoms with Gasteiger partial charge < -0.3 is 15.6 Å². The Kier molecular flexibility index (Phi) is 2.53. The average Bonchev–Trinajstić information content (AvgIpc) is 2.66. The van der Waals surface area contributed by atoms with E-state index in [0.29, 0.717) is 0 Å². The summed E-state index contributed by atoms with van der Waals surface area (Å²) in [6, 6.07) is 1.52. The molecule has 15 heavy (non-hydrogen) atoms. The van der Waals surface area contributed by atoms with Crippen molar-refractivity contribution in [1.29, 1.82) is 0 Å². The number of aromatic nitrogens is 2. The maximum atomic E-state index is 11.4. The van der Waals surface area contributed by atoms with Crippen LogP contribution in [0.4, 0.5) is 5.82 Å². The predicted molar refractivity (Wildman–Crippen MR) is 53.0 cm³/mol. The molecule has 6 nitrogen and oxygen atoms in total. The van der Waals surface area contributed by atoms with Crippen LogP contribution in [0.15, 0.2) is 29.2 Å². The lowest BCUT2D eigenvalue weighted by molar-refractivity contribution is -0.0102. The molecular weight excluding hydrogens is 198 g/mol. The van der Waals surface area contributed by atoms with Crippen molar-refractivity contribution in [3.05, 3.63) is 34.9 Å². The molecule has 0 aromatic carbocycles. The second-order valence-electron chi connectivity index (χ2n) is 3.17. The van der Waals surface area contributed by atoms with Crippen molar-refractivity contribution in [3.63, 3.8) is 0 Å². The summed E-state index contributed by atoms with van der Waals surface area (Å²) >= 11 is 0. The minimum Gasteiger partial charge on any atom is -0.393 e. The molecule has 1 aromatic heterocycles. The maximum Gasteiger partial charge on any atom is 0.351 e. The van der Waals surface area contributed by atoms with Gasteiger partial charge in [0.15, 0.2) is 6.23 Å². The molecule has 1 aliphatic heterocycles. The minimum atomic E-state index is -0.511. The SMILES string of the molecule is Nc1ccn([C@H]2C=C[C@H](CO)O2)c(=O)n1. The quantitative estimate of drug-likeness (QED) is 0.627. The van der Waals surface area contributed by atoms with Gasteiger partial charge in [0.1, 0.15) is 11.9 Å². The van der Waals surface area contributed by atoms with Gasteiger partial charge in [-0.1, -0.05) is 6.08 Å². The molecule has 0 amide bonds. The van der Waals surface area contributed by atoms with E-state index in [-0.39, 0.29) is 18.5 Å². The first kappa shape index (κ1) is 9.88. The fourth-order valence-electron chi connectivity index (χ4n) is 1.37. The highest BCUT2D eigenvalue weighted by Crippen LogP contribution is 2.18. The van der Waals surface area contributed by atoms with E-state index in [0.717, 1.165) is 0 Å². The maximum absolute atomic E-state index is 11.4. The molecule has 0 unspecified atom stereocenters. The van der Waals surface area contributed by atoms with Crippen LogP contribution in [0.5, 0.6) is 0 Å². The standard InChI is InChI=1S/C9H11N3O3/c10-7-3-4-12(9(14)11-7)8-2-1-6(5-13)15-8/h1-4,6,8,13H,5H2,(H2,10,11,14)/t6-,8-/m1/s1. The summed E-state index contributed by atoms with van der Waals surface area (Å²) in [6.45, 7) is -0.107. The van der Waals surface area contributed by atoms with Crippen LogP contribution in [-0.4, -0.2) is 27.4 Å². The van der Waals surface area contributed by atoms with Gasteiger partial charge in [0.05, 0.1) is 6.61 Å². The topological polar surface area (TPSA) is 90.4 Å². The number of hydrogen-bond donors (Lipinski definition) is 2. The van der Waals surface area contributed by atoms with Crippen LogP contribution in [0.1, 0.15) is 6.23 Å². The van der Waals surface area contributed by atoms with E-state index in [9.17, 15) is 4.79 Å². The smallest absolute Gasteiger partial charge is 0.351 e. The van der Waals surface area contributed by atoms with Gasteiger partial charge in [-0.15, -0.1) is 0 Å². The molecular formula is C9H11N3O3. The molecule has 0 spiro atoms. The summed E-state index contributed by atoms with van der Waals surface area (Å²) in [7, 11) is 0. The van der Waals surface area contributed by atoms with Crippen LogP contribution in [0, 0.1) is 0 Å². The van der Waals surface area contributed by atoms with Crippen molar-refractivity contribution in [2.24, 2.45) is 0 Å². The molecule has 0 saturated carbocycles. The third kappa shape index (κ3) is 1.90. The Bertz CT molecular complexity index is 440. The highest BCUT2D eigenvalue weighted by molar-refractivity contribution is 5.23. The number of ether oxygens (including phenoxy) is 1. The summed E-state index contributed by atoms with van der Waals surface area (Å²) in [5.74, 6) is 0.178. The molecule has 0 aliphatic carbocycles. The molecule has 2 atom stereocenters. The molecule has 1 aliphatic rings. The van der Waals surface area contributed by atoms with Crippen molar-refractivity contribution < 1.29 is 9.84 Å². The molecule has 2 heterocycles. The number of rotatable bonds is 2. The summed E-state index contributed by atoms with van der Waals surface area (Å²) in [4.78, 5) is 15.0. The van der Waals surface area contributed by atoms with E-state index in [1.54, 1.807) is 12.2 Å². The minimum absolute atomic E-state index is 0.107. The van der Waals surface area contributed by atoms with Gasteiger partial charge in [0, 0.05) is 6.20 Å². The number of nitrogens with two attached hydrogens (primary N) is 1. The third-order valence-electron chi connectivity index (χ3n) is 2.11. The Labute approximate surface area is 85.6 Å². The van der Waals surface area contributed by atoms with Gasteiger partial charge in [-0.25, -0.2) is 4.79 Å². The number of nitrogen functional groups attached to an aromatic ring is 1. The van der Waals surface area contributed by atoms with Gasteiger partial charge >= 0.3 is 5.69 Å². The van der Waals surface area contributed by atoms with Gasteiger partial charge in [-0.3, -0.25) is 4.57 Å². The highest BCUT2D eigenvalue weighted by Gasteiger charge is 2.20. The number of aliphatic hydroxyl groups excluding tert-OH is 1. The van der Waals surface area contributed by atoms with E-state index in [1.807, 2.05) is 0 Å². The molecule has 3 N–H and O–H groups in total. The van der Waals surface area contributed by atoms with E-state index >= 15 is 0 Å².